The zero-order valence-corrected chi connectivity index (χ0v) is 18.4. The Hall–Kier alpha value is -0.360. The van der Waals surface area contributed by atoms with E-state index in [1.807, 2.05) is 42.6 Å². The molecule has 1 saturated carbocycles. The van der Waals surface area contributed by atoms with Crippen molar-refractivity contribution >= 4 is 41.0 Å². The molecule has 1 aliphatic rings. The molecule has 0 heterocycles. The summed E-state index contributed by atoms with van der Waals surface area (Å²) in [5, 5.41) is 4.98. The number of amides is 1. The lowest BCUT2D eigenvalue weighted by Gasteiger charge is -2.32. The highest BCUT2D eigenvalue weighted by Gasteiger charge is 2.29. The first kappa shape index (κ1) is 21.9. The summed E-state index contributed by atoms with van der Waals surface area (Å²) in [5.74, 6) is 0.176. The van der Waals surface area contributed by atoms with Gasteiger partial charge >= 0.3 is 0 Å². The molecule has 1 amide bonds. The molecule has 1 aromatic carbocycles. The lowest BCUT2D eigenvalue weighted by atomic mass is 10.00. The molecule has 2 rings (SSSR count). The first-order chi connectivity index (χ1) is 12.5. The number of thioether (sulfide) groups is 2. The van der Waals surface area contributed by atoms with Crippen LogP contribution in [0.2, 0.25) is 5.02 Å². The predicted molar refractivity (Wildman–Crippen MR) is 117 cm³/mol. The van der Waals surface area contributed by atoms with Gasteiger partial charge in [-0.3, -0.25) is 4.79 Å². The maximum absolute atomic E-state index is 12.4. The largest absolute Gasteiger partial charge is 0.355 e. The van der Waals surface area contributed by atoms with Crippen LogP contribution in [0, 0.1) is 0 Å². The first-order valence-electron chi connectivity index (χ1n) is 9.46. The summed E-state index contributed by atoms with van der Waals surface area (Å²) in [6.45, 7) is 3.81. The average Bonchev–Trinajstić information content (AvgIpc) is 2.62. The topological polar surface area (TPSA) is 32.3 Å². The number of hydrogen-bond donors (Lipinski definition) is 1. The van der Waals surface area contributed by atoms with Crippen molar-refractivity contribution in [3.05, 3.63) is 29.3 Å². The molecule has 1 aromatic rings. The summed E-state index contributed by atoms with van der Waals surface area (Å²) in [5.41, 5.74) is 0. The Morgan fingerprint density at radius 1 is 1.23 bits per heavy atom. The molecule has 0 saturated heterocycles. The van der Waals surface area contributed by atoms with E-state index >= 15 is 0 Å². The van der Waals surface area contributed by atoms with Crippen molar-refractivity contribution in [3.63, 3.8) is 0 Å². The highest BCUT2D eigenvalue weighted by molar-refractivity contribution is 8.04. The van der Waals surface area contributed by atoms with Gasteiger partial charge in [-0.15, -0.1) is 23.5 Å². The van der Waals surface area contributed by atoms with Crippen LogP contribution in [0.1, 0.15) is 39.0 Å². The number of hydrogen-bond acceptors (Lipinski definition) is 4. The Bertz CT molecular complexity index is 553. The Kier molecular flexibility index (Phi) is 9.68. The Morgan fingerprint density at radius 3 is 2.54 bits per heavy atom. The lowest BCUT2D eigenvalue weighted by molar-refractivity contribution is -0.120. The van der Waals surface area contributed by atoms with Gasteiger partial charge in [-0.2, -0.15) is 0 Å². The summed E-state index contributed by atoms with van der Waals surface area (Å²) in [7, 11) is 4.11. The number of halogens is 1. The zero-order valence-electron chi connectivity index (χ0n) is 16.0. The summed E-state index contributed by atoms with van der Waals surface area (Å²) in [6.07, 6.45) is 5.98. The Morgan fingerprint density at radius 2 is 1.88 bits per heavy atom. The Balaban J connectivity index is 1.82. The van der Waals surface area contributed by atoms with Gasteiger partial charge in [0.25, 0.3) is 0 Å². The molecule has 3 nitrogen and oxygen atoms in total. The maximum Gasteiger partial charge on any atom is 0.232 e. The van der Waals surface area contributed by atoms with Crippen LogP contribution in [-0.2, 0) is 4.79 Å². The van der Waals surface area contributed by atoms with Crippen molar-refractivity contribution < 1.29 is 4.79 Å². The molecule has 1 N–H and O–H groups in total. The molecule has 26 heavy (non-hydrogen) atoms. The first-order valence-corrected chi connectivity index (χ1v) is 11.7. The highest BCUT2D eigenvalue weighted by Crippen LogP contribution is 2.41. The molecular weight excluding hydrogens is 384 g/mol. The van der Waals surface area contributed by atoms with Crippen LogP contribution in [-0.4, -0.2) is 53.7 Å². The van der Waals surface area contributed by atoms with Crippen LogP contribution in [0.25, 0.3) is 0 Å². The van der Waals surface area contributed by atoms with Crippen molar-refractivity contribution in [2.75, 3.05) is 27.2 Å². The van der Waals surface area contributed by atoms with Gasteiger partial charge < -0.3 is 10.2 Å². The molecule has 0 bridgehead atoms. The summed E-state index contributed by atoms with van der Waals surface area (Å²) in [6, 6.07) is 8.12. The minimum Gasteiger partial charge on any atom is -0.355 e. The van der Waals surface area contributed by atoms with Gasteiger partial charge in [-0.25, -0.2) is 0 Å². The van der Waals surface area contributed by atoms with Gasteiger partial charge in [0.05, 0.1) is 5.25 Å². The van der Waals surface area contributed by atoms with E-state index in [4.69, 9.17) is 11.6 Å². The number of carbonyl (C=O) groups is 1. The summed E-state index contributed by atoms with van der Waals surface area (Å²) in [4.78, 5) is 15.8. The number of carbonyl (C=O) groups excluding carboxylic acids is 1. The van der Waals surface area contributed by atoms with Crippen LogP contribution in [0.3, 0.4) is 0 Å². The van der Waals surface area contributed by atoms with Crippen molar-refractivity contribution in [3.8, 4) is 0 Å². The smallest absolute Gasteiger partial charge is 0.232 e. The molecule has 0 spiro atoms. The molecule has 3 atom stereocenters. The van der Waals surface area contributed by atoms with E-state index in [1.165, 1.54) is 30.6 Å². The third-order valence-corrected chi connectivity index (χ3v) is 7.94. The SMILES string of the molecule is CC(SC1CCCCC1Sc1ccc(Cl)cc1)C(=O)NCCCN(C)C. The zero-order chi connectivity index (χ0) is 18.9. The maximum atomic E-state index is 12.4. The molecule has 146 valence electrons. The van der Waals surface area contributed by atoms with E-state index in [2.05, 4.69) is 36.4 Å². The second-order valence-corrected chi connectivity index (χ2v) is 10.5. The van der Waals surface area contributed by atoms with E-state index in [9.17, 15) is 4.79 Å². The van der Waals surface area contributed by atoms with E-state index in [0.717, 1.165) is 24.5 Å². The van der Waals surface area contributed by atoms with Crippen LogP contribution < -0.4 is 5.32 Å². The van der Waals surface area contributed by atoms with Gasteiger partial charge in [0.1, 0.15) is 0 Å². The quantitative estimate of drug-likeness (QED) is 0.580. The van der Waals surface area contributed by atoms with E-state index < -0.39 is 0 Å². The monoisotopic (exact) mass is 414 g/mol. The highest BCUT2D eigenvalue weighted by atomic mass is 35.5. The predicted octanol–water partition coefficient (Wildman–Crippen LogP) is 4.93. The van der Waals surface area contributed by atoms with Crippen molar-refractivity contribution in [2.24, 2.45) is 0 Å². The van der Waals surface area contributed by atoms with Crippen LogP contribution in [0.4, 0.5) is 0 Å². The molecular formula is C20H31ClN2OS2. The van der Waals surface area contributed by atoms with Crippen molar-refractivity contribution in [1.82, 2.24) is 10.2 Å². The van der Waals surface area contributed by atoms with Gasteiger partial charge in [-0.1, -0.05) is 24.4 Å². The molecule has 1 aliphatic carbocycles. The third kappa shape index (κ3) is 7.71. The molecule has 0 radical (unpaired) electrons. The third-order valence-electron chi connectivity index (χ3n) is 4.57. The molecule has 6 heteroatoms. The van der Waals surface area contributed by atoms with Crippen molar-refractivity contribution in [2.45, 2.75) is 59.7 Å². The van der Waals surface area contributed by atoms with Crippen LogP contribution in [0.15, 0.2) is 29.2 Å². The number of nitrogens with one attached hydrogen (secondary N) is 1. The van der Waals surface area contributed by atoms with Gasteiger partial charge in [-0.05, 0) is 71.1 Å². The molecule has 0 aromatic heterocycles. The number of benzene rings is 1. The molecule has 1 fully saturated rings. The Labute approximate surface area is 172 Å². The fourth-order valence-corrected chi connectivity index (χ4v) is 6.16. The minimum absolute atomic E-state index is 0.00535. The summed E-state index contributed by atoms with van der Waals surface area (Å²) < 4.78 is 0. The van der Waals surface area contributed by atoms with Crippen LogP contribution >= 0.6 is 35.1 Å². The van der Waals surface area contributed by atoms with E-state index in [-0.39, 0.29) is 11.2 Å². The lowest BCUT2D eigenvalue weighted by Crippen LogP contribution is -2.35. The van der Waals surface area contributed by atoms with E-state index in [1.54, 1.807) is 0 Å². The second kappa shape index (κ2) is 11.5. The average molecular weight is 415 g/mol. The second-order valence-electron chi connectivity index (χ2n) is 7.16. The van der Waals surface area contributed by atoms with Crippen LogP contribution in [0.5, 0.6) is 0 Å². The standard InChI is InChI=1S/C20H31ClN2OS2/c1-15(20(24)22-13-6-14-23(2)3)25-18-7-4-5-8-19(18)26-17-11-9-16(21)10-12-17/h9-12,15,18-19H,4-8,13-14H2,1-3H3,(H,22,24). The fourth-order valence-electron chi connectivity index (χ4n) is 3.12. The summed E-state index contributed by atoms with van der Waals surface area (Å²) >= 11 is 9.79. The minimum atomic E-state index is 0.00535. The molecule has 0 aliphatic heterocycles. The van der Waals surface area contributed by atoms with E-state index in [0.29, 0.717) is 10.5 Å². The molecule has 3 unspecified atom stereocenters. The normalized spacial score (nSPS) is 21.6. The van der Waals surface area contributed by atoms with Gasteiger partial charge in [0.2, 0.25) is 5.91 Å². The van der Waals surface area contributed by atoms with Gasteiger partial charge in [0, 0.05) is 27.0 Å². The van der Waals surface area contributed by atoms with Gasteiger partial charge in [0.15, 0.2) is 0 Å². The number of nitrogens with zero attached hydrogens (tertiary/aromatic N) is 1. The van der Waals surface area contributed by atoms with Crippen molar-refractivity contribution in [1.29, 1.82) is 0 Å². The fraction of sp³-hybridized carbons (Fsp3) is 0.650. The number of rotatable bonds is 9.